The molecule has 0 heterocycles. The fourth-order valence-corrected chi connectivity index (χ4v) is 1.94. The van der Waals surface area contributed by atoms with Crippen LogP contribution in [0.2, 0.25) is 0 Å². The minimum absolute atomic E-state index is 0.0173. The Labute approximate surface area is 114 Å². The first-order valence-electron chi connectivity index (χ1n) is 5.96. The zero-order valence-corrected chi connectivity index (χ0v) is 10.7. The van der Waals surface area contributed by atoms with Crippen LogP contribution in [0, 0.1) is 17.5 Å². The van der Waals surface area contributed by atoms with Crippen molar-refractivity contribution < 1.29 is 23.0 Å². The lowest BCUT2D eigenvalue weighted by Gasteiger charge is -2.13. The van der Waals surface area contributed by atoms with Gasteiger partial charge in [0.25, 0.3) is 0 Å². The standard InChI is InChI=1S/C15H13F3O2/c1-20-15-5-2-9(6-13(15)18)7-14(19)11-4-3-10(16)8-12(11)17/h2-6,8,14,19H,7H2,1H3. The van der Waals surface area contributed by atoms with Crippen LogP contribution in [0.15, 0.2) is 36.4 Å². The molecule has 0 saturated heterocycles. The molecule has 5 heteroatoms. The Bertz CT molecular complexity index is 614. The molecule has 1 N–H and O–H groups in total. The second-order valence-corrected chi connectivity index (χ2v) is 4.35. The van der Waals surface area contributed by atoms with Crippen molar-refractivity contribution in [2.24, 2.45) is 0 Å². The minimum Gasteiger partial charge on any atom is -0.494 e. The summed E-state index contributed by atoms with van der Waals surface area (Å²) in [6.45, 7) is 0. The summed E-state index contributed by atoms with van der Waals surface area (Å²) in [6.07, 6.45) is -1.16. The van der Waals surface area contributed by atoms with Crippen LogP contribution in [0.3, 0.4) is 0 Å². The maximum Gasteiger partial charge on any atom is 0.165 e. The molecule has 0 radical (unpaired) electrons. The Morgan fingerprint density at radius 2 is 1.80 bits per heavy atom. The van der Waals surface area contributed by atoms with Crippen LogP contribution in [0.25, 0.3) is 0 Å². The molecule has 0 aliphatic carbocycles. The molecule has 0 aliphatic heterocycles. The Morgan fingerprint density at radius 1 is 1.05 bits per heavy atom. The number of aliphatic hydroxyl groups excluding tert-OH is 1. The van der Waals surface area contributed by atoms with Crippen molar-refractivity contribution in [2.75, 3.05) is 7.11 Å². The first-order chi connectivity index (χ1) is 9.51. The monoisotopic (exact) mass is 282 g/mol. The van der Waals surface area contributed by atoms with Crippen molar-refractivity contribution in [3.63, 3.8) is 0 Å². The number of ether oxygens (including phenoxy) is 1. The number of hydrogen-bond acceptors (Lipinski definition) is 2. The van der Waals surface area contributed by atoms with Gasteiger partial charge in [-0.05, 0) is 23.8 Å². The van der Waals surface area contributed by atoms with Crippen LogP contribution in [-0.2, 0) is 6.42 Å². The van der Waals surface area contributed by atoms with Crippen molar-refractivity contribution in [3.05, 3.63) is 65.0 Å². The molecule has 0 saturated carbocycles. The van der Waals surface area contributed by atoms with E-state index in [2.05, 4.69) is 0 Å². The predicted octanol–water partition coefficient (Wildman–Crippen LogP) is 3.39. The number of methoxy groups -OCH3 is 1. The smallest absolute Gasteiger partial charge is 0.165 e. The fourth-order valence-electron chi connectivity index (χ4n) is 1.94. The number of halogens is 3. The van der Waals surface area contributed by atoms with Crippen molar-refractivity contribution in [1.29, 1.82) is 0 Å². The van der Waals surface area contributed by atoms with Crippen LogP contribution in [0.4, 0.5) is 13.2 Å². The summed E-state index contributed by atoms with van der Waals surface area (Å²) in [5, 5.41) is 9.95. The molecule has 0 aromatic heterocycles. The lowest BCUT2D eigenvalue weighted by Crippen LogP contribution is -2.05. The predicted molar refractivity (Wildman–Crippen MR) is 68.0 cm³/mol. The van der Waals surface area contributed by atoms with Gasteiger partial charge in [0, 0.05) is 18.1 Å². The molecule has 106 valence electrons. The minimum atomic E-state index is -1.18. The van der Waals surface area contributed by atoms with Gasteiger partial charge >= 0.3 is 0 Å². The van der Waals surface area contributed by atoms with E-state index in [1.54, 1.807) is 6.07 Å². The van der Waals surface area contributed by atoms with Crippen LogP contribution in [-0.4, -0.2) is 12.2 Å². The lowest BCUT2D eigenvalue weighted by atomic mass is 10.0. The summed E-state index contributed by atoms with van der Waals surface area (Å²) in [7, 11) is 1.35. The molecule has 20 heavy (non-hydrogen) atoms. The third-order valence-electron chi connectivity index (χ3n) is 2.97. The van der Waals surface area contributed by atoms with Crippen molar-refractivity contribution in [2.45, 2.75) is 12.5 Å². The van der Waals surface area contributed by atoms with Gasteiger partial charge in [-0.2, -0.15) is 0 Å². The largest absolute Gasteiger partial charge is 0.494 e. The first kappa shape index (κ1) is 14.4. The van der Waals surface area contributed by atoms with Crippen LogP contribution in [0.5, 0.6) is 5.75 Å². The zero-order valence-electron chi connectivity index (χ0n) is 10.7. The molecule has 0 amide bonds. The van der Waals surface area contributed by atoms with Crippen LogP contribution >= 0.6 is 0 Å². The van der Waals surface area contributed by atoms with Gasteiger partial charge in [-0.25, -0.2) is 13.2 Å². The number of rotatable bonds is 4. The quantitative estimate of drug-likeness (QED) is 0.931. The molecule has 2 nitrogen and oxygen atoms in total. The van der Waals surface area contributed by atoms with E-state index in [9.17, 15) is 18.3 Å². The van der Waals surface area contributed by atoms with E-state index in [1.807, 2.05) is 0 Å². The highest BCUT2D eigenvalue weighted by molar-refractivity contribution is 5.31. The van der Waals surface area contributed by atoms with Gasteiger partial charge < -0.3 is 9.84 Å². The van der Waals surface area contributed by atoms with E-state index in [1.165, 1.54) is 25.3 Å². The second kappa shape index (κ2) is 5.96. The average Bonchev–Trinajstić information content (AvgIpc) is 2.38. The second-order valence-electron chi connectivity index (χ2n) is 4.35. The summed E-state index contributed by atoms with van der Waals surface area (Å²) in [4.78, 5) is 0. The van der Waals surface area contributed by atoms with E-state index in [4.69, 9.17) is 4.74 Å². The van der Waals surface area contributed by atoms with E-state index in [-0.39, 0.29) is 17.7 Å². The Kier molecular flexibility index (Phi) is 4.29. The third kappa shape index (κ3) is 3.11. The van der Waals surface area contributed by atoms with Gasteiger partial charge in [-0.1, -0.05) is 12.1 Å². The molecule has 0 spiro atoms. The first-order valence-corrected chi connectivity index (χ1v) is 5.96. The Balaban J connectivity index is 2.18. The molecule has 2 rings (SSSR count). The number of hydrogen-bond donors (Lipinski definition) is 1. The fraction of sp³-hybridized carbons (Fsp3) is 0.200. The highest BCUT2D eigenvalue weighted by Gasteiger charge is 2.15. The highest BCUT2D eigenvalue weighted by Crippen LogP contribution is 2.24. The average molecular weight is 282 g/mol. The molecule has 0 aliphatic rings. The summed E-state index contributed by atoms with van der Waals surface area (Å²) < 4.78 is 44.6. The van der Waals surface area contributed by atoms with Crippen LogP contribution in [0.1, 0.15) is 17.2 Å². The number of aliphatic hydroxyl groups is 1. The van der Waals surface area contributed by atoms with Gasteiger partial charge in [0.05, 0.1) is 13.2 Å². The molecule has 2 aromatic carbocycles. The van der Waals surface area contributed by atoms with Gasteiger partial charge in [0.15, 0.2) is 11.6 Å². The summed E-state index contributed by atoms with van der Waals surface area (Å²) in [5.74, 6) is -2.01. The summed E-state index contributed by atoms with van der Waals surface area (Å²) >= 11 is 0. The van der Waals surface area contributed by atoms with Crippen molar-refractivity contribution in [1.82, 2.24) is 0 Å². The topological polar surface area (TPSA) is 29.5 Å². The molecule has 1 unspecified atom stereocenters. The van der Waals surface area contributed by atoms with E-state index >= 15 is 0 Å². The third-order valence-corrected chi connectivity index (χ3v) is 2.97. The number of benzene rings is 2. The SMILES string of the molecule is COc1ccc(CC(O)c2ccc(F)cc2F)cc1F. The Morgan fingerprint density at radius 3 is 2.40 bits per heavy atom. The summed E-state index contributed by atoms with van der Waals surface area (Å²) in [5.41, 5.74) is 0.460. The molecule has 2 aromatic rings. The van der Waals surface area contributed by atoms with Gasteiger partial charge in [0.1, 0.15) is 11.6 Å². The molecule has 0 bridgehead atoms. The zero-order chi connectivity index (χ0) is 14.7. The van der Waals surface area contributed by atoms with E-state index in [0.717, 1.165) is 6.07 Å². The van der Waals surface area contributed by atoms with E-state index in [0.29, 0.717) is 11.6 Å². The Hall–Kier alpha value is -2.01. The van der Waals surface area contributed by atoms with Crippen LogP contribution < -0.4 is 4.74 Å². The maximum absolute atomic E-state index is 13.5. The normalized spacial score (nSPS) is 12.2. The molecular weight excluding hydrogens is 269 g/mol. The van der Waals surface area contributed by atoms with Gasteiger partial charge in [0.2, 0.25) is 0 Å². The molecule has 0 fully saturated rings. The lowest BCUT2D eigenvalue weighted by molar-refractivity contribution is 0.173. The summed E-state index contributed by atoms with van der Waals surface area (Å²) in [6, 6.07) is 7.16. The highest BCUT2D eigenvalue weighted by atomic mass is 19.1. The molecule has 1 atom stereocenters. The molecular formula is C15H13F3O2. The van der Waals surface area contributed by atoms with Gasteiger partial charge in [-0.15, -0.1) is 0 Å². The van der Waals surface area contributed by atoms with Crippen molar-refractivity contribution in [3.8, 4) is 5.75 Å². The van der Waals surface area contributed by atoms with E-state index < -0.39 is 23.6 Å². The maximum atomic E-state index is 13.5. The van der Waals surface area contributed by atoms with Gasteiger partial charge in [-0.3, -0.25) is 0 Å². The van der Waals surface area contributed by atoms with Crippen molar-refractivity contribution >= 4 is 0 Å².